The largest absolute Gasteiger partial charge is 0.335 e. The van der Waals surface area contributed by atoms with Gasteiger partial charge in [-0.2, -0.15) is 11.8 Å². The number of hydrogen-bond donors (Lipinski definition) is 1. The third-order valence-electron chi connectivity index (χ3n) is 3.44. The van der Waals surface area contributed by atoms with Crippen LogP contribution >= 0.6 is 11.8 Å². The summed E-state index contributed by atoms with van der Waals surface area (Å²) in [4.78, 5) is 14.1. The molecule has 1 aliphatic rings. The lowest BCUT2D eigenvalue weighted by Gasteiger charge is -2.27. The number of nitrogens with zero attached hydrogens (tertiary/aromatic N) is 1. The highest BCUT2D eigenvalue weighted by atomic mass is 32.2. The minimum absolute atomic E-state index is 0.0400. The van der Waals surface area contributed by atoms with Gasteiger partial charge in [0.2, 0.25) is 5.91 Å². The predicted molar refractivity (Wildman–Crippen MR) is 85.7 cm³/mol. The number of rotatable bonds is 6. The summed E-state index contributed by atoms with van der Waals surface area (Å²) in [6.45, 7) is 5.35. The first kappa shape index (κ1) is 16.0. The average molecular weight is 308 g/mol. The maximum absolute atomic E-state index is 13.7. The summed E-state index contributed by atoms with van der Waals surface area (Å²) in [6, 6.07) is 6.79. The molecule has 5 heteroatoms. The van der Waals surface area contributed by atoms with Crippen molar-refractivity contribution in [1.82, 2.24) is 10.2 Å². The molecule has 1 saturated heterocycles. The molecule has 0 saturated carbocycles. The zero-order valence-electron chi connectivity index (χ0n) is 12.1. The molecule has 1 aromatic rings. The van der Waals surface area contributed by atoms with Gasteiger partial charge in [0.25, 0.3) is 0 Å². The highest BCUT2D eigenvalue weighted by Gasteiger charge is 2.21. The van der Waals surface area contributed by atoms with Gasteiger partial charge in [-0.1, -0.05) is 24.3 Å². The lowest BCUT2D eigenvalue weighted by Crippen LogP contribution is -2.42. The monoisotopic (exact) mass is 308 g/mol. The van der Waals surface area contributed by atoms with Crippen molar-refractivity contribution < 1.29 is 9.18 Å². The Labute approximate surface area is 129 Å². The third kappa shape index (κ3) is 4.86. The molecule has 0 aliphatic carbocycles. The molecular weight excluding hydrogens is 287 g/mol. The highest BCUT2D eigenvalue weighted by Crippen LogP contribution is 2.14. The topological polar surface area (TPSA) is 32.3 Å². The molecule has 1 heterocycles. The van der Waals surface area contributed by atoms with Crippen molar-refractivity contribution >= 4 is 17.7 Å². The van der Waals surface area contributed by atoms with Gasteiger partial charge in [0.05, 0.1) is 0 Å². The second kappa shape index (κ2) is 8.20. The van der Waals surface area contributed by atoms with Gasteiger partial charge in [0, 0.05) is 49.2 Å². The van der Waals surface area contributed by atoms with E-state index in [-0.39, 0.29) is 24.3 Å². The molecule has 1 atom stereocenters. The zero-order chi connectivity index (χ0) is 15.1. The molecule has 21 heavy (non-hydrogen) atoms. The van der Waals surface area contributed by atoms with E-state index in [0.29, 0.717) is 18.5 Å². The fourth-order valence-corrected chi connectivity index (χ4v) is 3.28. The van der Waals surface area contributed by atoms with Gasteiger partial charge in [-0.15, -0.1) is 6.58 Å². The molecule has 1 aliphatic heterocycles. The van der Waals surface area contributed by atoms with Crippen molar-refractivity contribution in [2.75, 3.05) is 24.6 Å². The van der Waals surface area contributed by atoms with Crippen LogP contribution in [0.2, 0.25) is 0 Å². The van der Waals surface area contributed by atoms with Crippen LogP contribution in [0.5, 0.6) is 0 Å². The average Bonchev–Trinajstić information content (AvgIpc) is 2.50. The Balaban J connectivity index is 1.98. The molecule has 1 unspecified atom stereocenters. The van der Waals surface area contributed by atoms with Crippen molar-refractivity contribution in [1.29, 1.82) is 0 Å². The van der Waals surface area contributed by atoms with E-state index in [4.69, 9.17) is 0 Å². The van der Waals surface area contributed by atoms with Crippen LogP contribution in [0.1, 0.15) is 12.0 Å². The van der Waals surface area contributed by atoms with Crippen LogP contribution in [0.15, 0.2) is 36.9 Å². The van der Waals surface area contributed by atoms with E-state index in [1.807, 2.05) is 11.8 Å². The first-order valence-electron chi connectivity index (χ1n) is 7.14. The summed E-state index contributed by atoms with van der Waals surface area (Å²) in [7, 11) is 0. The van der Waals surface area contributed by atoms with Crippen LogP contribution < -0.4 is 5.32 Å². The summed E-state index contributed by atoms with van der Waals surface area (Å²) < 4.78 is 13.7. The molecular formula is C16H21FN2OS. The second-order valence-electron chi connectivity index (χ2n) is 5.08. The predicted octanol–water partition coefficient (Wildman–Crippen LogP) is 2.44. The standard InChI is InChI=1S/C16H21FN2OS/c1-2-8-19(11-13-5-3-4-6-15(13)17)16(20)10-14-12-21-9-7-18-14/h2-6,14,18H,1,7-12H2. The molecule has 1 aromatic carbocycles. The van der Waals surface area contributed by atoms with E-state index in [1.165, 1.54) is 6.07 Å². The van der Waals surface area contributed by atoms with Crippen molar-refractivity contribution in [2.45, 2.75) is 19.0 Å². The van der Waals surface area contributed by atoms with Gasteiger partial charge in [0.1, 0.15) is 5.82 Å². The lowest BCUT2D eigenvalue weighted by molar-refractivity contribution is -0.131. The first-order chi connectivity index (χ1) is 10.2. The Morgan fingerprint density at radius 3 is 3.00 bits per heavy atom. The Morgan fingerprint density at radius 2 is 2.33 bits per heavy atom. The molecule has 0 radical (unpaired) electrons. The number of carbonyl (C=O) groups excluding carboxylic acids is 1. The molecule has 0 spiro atoms. The van der Waals surface area contributed by atoms with Gasteiger partial charge < -0.3 is 10.2 Å². The molecule has 1 fully saturated rings. The quantitative estimate of drug-likeness (QED) is 0.819. The summed E-state index contributed by atoms with van der Waals surface area (Å²) in [5.41, 5.74) is 0.540. The van der Waals surface area contributed by atoms with E-state index in [1.54, 1.807) is 29.2 Å². The maximum atomic E-state index is 13.7. The molecule has 3 nitrogen and oxygen atoms in total. The number of carbonyl (C=O) groups is 1. The molecule has 1 amide bonds. The highest BCUT2D eigenvalue weighted by molar-refractivity contribution is 7.99. The van der Waals surface area contributed by atoms with Crippen LogP contribution in [0.25, 0.3) is 0 Å². The number of nitrogens with one attached hydrogen (secondary N) is 1. The van der Waals surface area contributed by atoms with Gasteiger partial charge in [-0.3, -0.25) is 4.79 Å². The molecule has 114 valence electrons. The van der Waals surface area contributed by atoms with Crippen LogP contribution in [0.3, 0.4) is 0 Å². The minimum atomic E-state index is -0.272. The number of halogens is 1. The molecule has 2 rings (SSSR count). The van der Waals surface area contributed by atoms with Crippen molar-refractivity contribution in [3.8, 4) is 0 Å². The number of amides is 1. The number of hydrogen-bond acceptors (Lipinski definition) is 3. The van der Waals surface area contributed by atoms with Crippen LogP contribution in [0, 0.1) is 5.82 Å². The van der Waals surface area contributed by atoms with E-state index in [0.717, 1.165) is 18.1 Å². The lowest BCUT2D eigenvalue weighted by atomic mass is 10.1. The SMILES string of the molecule is C=CCN(Cc1ccccc1F)C(=O)CC1CSCCN1. The van der Waals surface area contributed by atoms with Crippen molar-refractivity contribution in [3.05, 3.63) is 48.3 Å². The summed E-state index contributed by atoms with van der Waals surface area (Å²) >= 11 is 1.86. The zero-order valence-corrected chi connectivity index (χ0v) is 12.9. The molecule has 0 aromatic heterocycles. The Kier molecular flexibility index (Phi) is 6.26. The van der Waals surface area contributed by atoms with Gasteiger partial charge in [-0.25, -0.2) is 4.39 Å². The third-order valence-corrected chi connectivity index (χ3v) is 4.57. The molecule has 1 N–H and O–H groups in total. The maximum Gasteiger partial charge on any atom is 0.224 e. The van der Waals surface area contributed by atoms with Gasteiger partial charge >= 0.3 is 0 Å². The number of benzene rings is 1. The number of thioether (sulfide) groups is 1. The Hall–Kier alpha value is -1.33. The fourth-order valence-electron chi connectivity index (χ4n) is 2.33. The van der Waals surface area contributed by atoms with Crippen LogP contribution in [-0.2, 0) is 11.3 Å². The van der Waals surface area contributed by atoms with E-state index in [9.17, 15) is 9.18 Å². The normalized spacial score (nSPS) is 18.2. The van der Waals surface area contributed by atoms with Gasteiger partial charge in [-0.05, 0) is 6.07 Å². The fraction of sp³-hybridized carbons (Fsp3) is 0.438. The van der Waals surface area contributed by atoms with Crippen molar-refractivity contribution in [3.63, 3.8) is 0 Å². The first-order valence-corrected chi connectivity index (χ1v) is 8.29. The van der Waals surface area contributed by atoms with Crippen molar-refractivity contribution in [2.24, 2.45) is 0 Å². The summed E-state index contributed by atoms with van der Waals surface area (Å²) in [5.74, 6) is 1.81. The Morgan fingerprint density at radius 1 is 1.52 bits per heavy atom. The minimum Gasteiger partial charge on any atom is -0.335 e. The Bertz CT molecular complexity index is 489. The smallest absolute Gasteiger partial charge is 0.224 e. The van der Waals surface area contributed by atoms with E-state index in [2.05, 4.69) is 11.9 Å². The second-order valence-corrected chi connectivity index (χ2v) is 6.23. The van der Waals surface area contributed by atoms with Crippen LogP contribution in [0.4, 0.5) is 4.39 Å². The molecule has 0 bridgehead atoms. The van der Waals surface area contributed by atoms with E-state index >= 15 is 0 Å². The van der Waals surface area contributed by atoms with Gasteiger partial charge in [0.15, 0.2) is 0 Å². The summed E-state index contributed by atoms with van der Waals surface area (Å²) in [6.07, 6.45) is 2.14. The van der Waals surface area contributed by atoms with E-state index < -0.39 is 0 Å². The summed E-state index contributed by atoms with van der Waals surface area (Å²) in [5, 5.41) is 3.35. The van der Waals surface area contributed by atoms with Crippen LogP contribution in [-0.4, -0.2) is 41.4 Å².